The number of benzene rings is 4. The van der Waals surface area contributed by atoms with Crippen molar-refractivity contribution in [3.63, 3.8) is 0 Å². The number of fused-ring (bicyclic) bond motifs is 3. The van der Waals surface area contributed by atoms with Crippen LogP contribution in [0.5, 0.6) is 0 Å². The molecule has 4 aromatic carbocycles. The topological polar surface area (TPSA) is 20.1 Å². The zero-order valence-corrected chi connectivity index (χ0v) is 25.7. The van der Waals surface area contributed by atoms with Gasteiger partial charge in [-0.15, -0.1) is 11.0 Å². The molecule has 0 amide bonds. The van der Waals surface area contributed by atoms with Gasteiger partial charge in [0.1, 0.15) is 0 Å². The summed E-state index contributed by atoms with van der Waals surface area (Å²) in [6.45, 7) is 13.4. The summed E-state index contributed by atoms with van der Waals surface area (Å²) < 4.78 is 4.11. The van der Waals surface area contributed by atoms with Crippen LogP contribution in [0.1, 0.15) is 52.7 Å². The van der Waals surface area contributed by atoms with Crippen LogP contribution < -0.4 is 4.98 Å². The van der Waals surface area contributed by atoms with Gasteiger partial charge in [-0.05, 0) is 32.7 Å². The van der Waals surface area contributed by atoms with E-state index < -0.39 is 0 Å². The summed E-state index contributed by atoms with van der Waals surface area (Å²) in [7, 11) is 0. The third-order valence-corrected chi connectivity index (χ3v) is 6.90. The Hall–Kier alpha value is -3.46. The molecule has 1 aromatic heterocycles. The predicted molar refractivity (Wildman–Crippen MR) is 159 cm³/mol. The van der Waals surface area contributed by atoms with Crippen molar-refractivity contribution in [1.82, 2.24) is 4.98 Å². The Balaban J connectivity index is 0.000000210. The van der Waals surface area contributed by atoms with Crippen molar-refractivity contribution in [1.29, 1.82) is 0 Å². The molecule has 0 saturated heterocycles. The van der Waals surface area contributed by atoms with Crippen molar-refractivity contribution >= 4 is 39.2 Å². The second kappa shape index (κ2) is 11.3. The summed E-state index contributed by atoms with van der Waals surface area (Å²) in [4.78, 5) is 4.52. The number of nitrogens with zero attached hydrogens (tertiary/aromatic N) is 3. The molecular weight excluding hydrogens is 659 g/mol. The van der Waals surface area contributed by atoms with Crippen LogP contribution in [0, 0.1) is 0 Å². The quantitative estimate of drug-likeness (QED) is 0.134. The van der Waals surface area contributed by atoms with E-state index in [1.807, 2.05) is 12.1 Å². The Bertz CT molecular complexity index is 1600. The van der Waals surface area contributed by atoms with Crippen molar-refractivity contribution in [3.8, 4) is 0 Å². The van der Waals surface area contributed by atoms with E-state index in [2.05, 4.69) is 159 Å². The molecule has 0 aliphatic carbocycles. The minimum Gasteiger partial charge on any atom is -0.657 e. The van der Waals surface area contributed by atoms with Gasteiger partial charge in [-0.2, -0.15) is 0 Å². The third kappa shape index (κ3) is 6.41. The minimum absolute atomic E-state index is 0. The van der Waals surface area contributed by atoms with E-state index in [0.717, 1.165) is 22.4 Å². The van der Waals surface area contributed by atoms with Gasteiger partial charge in [-0.25, -0.2) is 0 Å². The van der Waals surface area contributed by atoms with Gasteiger partial charge in [0, 0.05) is 24.3 Å². The molecule has 0 radical (unpaired) electrons. The first-order valence-corrected chi connectivity index (χ1v) is 13.2. The molecule has 6 rings (SSSR count). The molecule has 0 N–H and O–H groups in total. The van der Waals surface area contributed by atoms with Crippen LogP contribution in [0.2, 0.25) is 0 Å². The van der Waals surface area contributed by atoms with Gasteiger partial charge in [0.2, 0.25) is 11.4 Å². The zero-order chi connectivity index (χ0) is 26.9. The summed E-state index contributed by atoms with van der Waals surface area (Å²) in [5.74, 6) is 0. The number of hydrogen-bond acceptors (Lipinski definition) is 0. The first-order chi connectivity index (χ1) is 18.1. The largest absolute Gasteiger partial charge is 1.00 e. The Morgan fingerprint density at radius 3 is 1.36 bits per heavy atom. The second-order valence-electron chi connectivity index (χ2n) is 11.9. The molecule has 0 unspecified atom stereocenters. The Morgan fingerprint density at radius 2 is 0.949 bits per heavy atom. The Labute approximate surface area is 247 Å². The molecule has 39 heavy (non-hydrogen) atoms. The fourth-order valence-electron chi connectivity index (χ4n) is 4.58. The SMILES string of the molecule is CC(C)(C)c1cccc([N+]2=C=[N+](c3cccc(C(C)(C)C)c3)C=C2)c1.[Au+].c1ccc2c(c1)[n-]c1ccccc12. The minimum atomic E-state index is 0. The maximum Gasteiger partial charge on any atom is 1.00 e. The van der Waals surface area contributed by atoms with Gasteiger partial charge in [0.15, 0.2) is 0 Å². The molecule has 200 valence electrons. The van der Waals surface area contributed by atoms with Crippen molar-refractivity contribution in [2.45, 2.75) is 52.4 Å². The standard InChI is InChI=1S/C23H28N2.C12H8N.Au/c1-22(2,3)18-9-7-11-20(15-18)24-13-14-25(17-24)21-12-8-10-19(16-21)23(4,5)6;1-3-7-11-9(5-1)10-6-2-4-8-12(10)13-11;/h7-16H,1-6H3;1-8H;/q+2;-1;+1. The maximum atomic E-state index is 4.52. The summed E-state index contributed by atoms with van der Waals surface area (Å²) in [6, 6.07) is 37.3. The van der Waals surface area contributed by atoms with Gasteiger partial charge in [-0.1, -0.05) is 123 Å². The van der Waals surface area contributed by atoms with E-state index >= 15 is 0 Å². The molecule has 0 spiro atoms. The van der Waals surface area contributed by atoms with Gasteiger partial charge >= 0.3 is 28.4 Å². The normalized spacial score (nSPS) is 13.0. The van der Waals surface area contributed by atoms with Crippen LogP contribution >= 0.6 is 0 Å². The van der Waals surface area contributed by atoms with Crippen molar-refractivity contribution in [2.24, 2.45) is 0 Å². The molecular formula is C35H36AuN3+2. The monoisotopic (exact) mass is 695 g/mol. The molecule has 0 fully saturated rings. The average molecular weight is 696 g/mol. The number of hydrogen-bond donors (Lipinski definition) is 0. The molecule has 0 atom stereocenters. The van der Waals surface area contributed by atoms with E-state index in [0.29, 0.717) is 0 Å². The van der Waals surface area contributed by atoms with Crippen LogP contribution in [0.4, 0.5) is 11.4 Å². The zero-order valence-electron chi connectivity index (χ0n) is 23.5. The summed E-state index contributed by atoms with van der Waals surface area (Å²) in [5, 5.41) is 2.50. The van der Waals surface area contributed by atoms with Crippen LogP contribution in [-0.4, -0.2) is 15.2 Å². The molecule has 4 heteroatoms. The molecule has 5 aromatic rings. The first kappa shape index (κ1) is 28.5. The molecule has 1 aliphatic heterocycles. The summed E-state index contributed by atoms with van der Waals surface area (Å²) >= 11 is 0. The van der Waals surface area contributed by atoms with Crippen molar-refractivity contribution in [2.75, 3.05) is 0 Å². The molecule has 2 heterocycles. The summed E-state index contributed by atoms with van der Waals surface area (Å²) in [6.07, 6.45) is 4.12. The van der Waals surface area contributed by atoms with Gasteiger partial charge in [0.05, 0.1) is 0 Å². The second-order valence-corrected chi connectivity index (χ2v) is 11.9. The van der Waals surface area contributed by atoms with Gasteiger partial charge in [0.25, 0.3) is 12.4 Å². The predicted octanol–water partition coefficient (Wildman–Crippen LogP) is 8.88. The molecule has 0 saturated carbocycles. The van der Waals surface area contributed by atoms with E-state index in [9.17, 15) is 0 Å². The van der Waals surface area contributed by atoms with Gasteiger partial charge in [-0.3, -0.25) is 0 Å². The summed E-state index contributed by atoms with van der Waals surface area (Å²) in [5.41, 5.74) is 7.38. The van der Waals surface area contributed by atoms with E-state index in [1.165, 1.54) is 21.9 Å². The fraction of sp³-hybridized carbons (Fsp3) is 0.229. The molecule has 1 aliphatic rings. The van der Waals surface area contributed by atoms with E-state index in [-0.39, 0.29) is 33.2 Å². The van der Waals surface area contributed by atoms with Crippen LogP contribution in [0.3, 0.4) is 0 Å². The number of rotatable bonds is 2. The maximum absolute atomic E-state index is 4.52. The molecule has 3 nitrogen and oxygen atoms in total. The van der Waals surface area contributed by atoms with Crippen molar-refractivity contribution in [3.05, 3.63) is 121 Å². The van der Waals surface area contributed by atoms with Crippen LogP contribution in [-0.2, 0) is 33.2 Å². The average Bonchev–Trinajstić information content (AvgIpc) is 3.54. The Morgan fingerprint density at radius 1 is 0.538 bits per heavy atom. The fourth-order valence-corrected chi connectivity index (χ4v) is 4.58. The smallest absolute Gasteiger partial charge is 0.657 e. The van der Waals surface area contributed by atoms with E-state index in [4.69, 9.17) is 0 Å². The first-order valence-electron chi connectivity index (χ1n) is 13.2. The molecule has 0 bridgehead atoms. The van der Waals surface area contributed by atoms with E-state index in [1.54, 1.807) is 0 Å². The number of para-hydroxylation sites is 2. The van der Waals surface area contributed by atoms with Crippen LogP contribution in [0.25, 0.3) is 21.8 Å². The third-order valence-electron chi connectivity index (χ3n) is 6.90. The van der Waals surface area contributed by atoms with Crippen molar-refractivity contribution < 1.29 is 31.5 Å². The number of aromatic nitrogens is 1. The van der Waals surface area contributed by atoms with Gasteiger partial charge < -0.3 is 4.98 Å². The Kier molecular flexibility index (Phi) is 8.30. The van der Waals surface area contributed by atoms with Crippen LogP contribution in [0.15, 0.2) is 109 Å².